The lowest BCUT2D eigenvalue weighted by Gasteiger charge is -2.26. The van der Waals surface area contributed by atoms with E-state index < -0.39 is 17.7 Å². The number of likely N-dealkylation sites (tertiary alicyclic amines) is 1. The number of amides is 1. The Morgan fingerprint density at radius 3 is 2.44 bits per heavy atom. The van der Waals surface area contributed by atoms with E-state index in [-0.39, 0.29) is 29.4 Å². The molecule has 8 heteroatoms. The summed E-state index contributed by atoms with van der Waals surface area (Å²) in [5, 5.41) is 21.9. The quantitative estimate of drug-likeness (QED) is 0.156. The van der Waals surface area contributed by atoms with Gasteiger partial charge in [0.15, 0.2) is 11.5 Å². The van der Waals surface area contributed by atoms with E-state index in [1.54, 1.807) is 62.6 Å². The van der Waals surface area contributed by atoms with Gasteiger partial charge in [0, 0.05) is 24.5 Å². The highest BCUT2D eigenvalue weighted by atomic mass is 16.5. The Kier molecular flexibility index (Phi) is 8.01. The number of aliphatic hydroxyl groups excluding tert-OH is 1. The molecule has 1 aliphatic rings. The molecule has 1 aromatic heterocycles. The number of benzene rings is 3. The number of hydrogen-bond donors (Lipinski definition) is 2. The predicted molar refractivity (Wildman–Crippen MR) is 153 cm³/mol. The number of pyridine rings is 1. The van der Waals surface area contributed by atoms with Gasteiger partial charge in [-0.15, -0.1) is 0 Å². The van der Waals surface area contributed by atoms with Crippen molar-refractivity contribution in [3.8, 4) is 17.2 Å². The number of carbonyl (C=O) groups excluding carboxylic acids is 2. The highest BCUT2D eigenvalue weighted by Gasteiger charge is 2.46. The highest BCUT2D eigenvalue weighted by Crippen LogP contribution is 2.43. The van der Waals surface area contributed by atoms with Crippen molar-refractivity contribution >= 4 is 17.4 Å². The van der Waals surface area contributed by atoms with Gasteiger partial charge in [0.2, 0.25) is 0 Å². The fourth-order valence-electron chi connectivity index (χ4n) is 4.93. The Morgan fingerprint density at radius 1 is 0.951 bits per heavy atom. The minimum absolute atomic E-state index is 0.0481. The van der Waals surface area contributed by atoms with Crippen molar-refractivity contribution in [3.05, 3.63) is 125 Å². The molecule has 2 N–H and O–H groups in total. The average molecular weight is 551 g/mol. The van der Waals surface area contributed by atoms with Gasteiger partial charge in [-0.25, -0.2) is 0 Å². The van der Waals surface area contributed by atoms with Gasteiger partial charge in [0.05, 0.1) is 18.2 Å². The Morgan fingerprint density at radius 2 is 1.73 bits per heavy atom. The number of Topliss-reactive ketones (excluding diaryl/α,β-unsaturated/α-hetero) is 1. The lowest BCUT2D eigenvalue weighted by atomic mass is 9.93. The second-order valence-electron chi connectivity index (χ2n) is 9.70. The fraction of sp³-hybridized carbons (Fsp3) is 0.182. The van der Waals surface area contributed by atoms with E-state index in [1.807, 2.05) is 36.4 Å². The first kappa shape index (κ1) is 27.5. The number of carbonyl (C=O) groups is 2. The summed E-state index contributed by atoms with van der Waals surface area (Å²) < 4.78 is 11.5. The Labute approximate surface area is 238 Å². The van der Waals surface area contributed by atoms with Gasteiger partial charge in [0.25, 0.3) is 11.7 Å². The molecule has 1 unspecified atom stereocenters. The lowest BCUT2D eigenvalue weighted by Crippen LogP contribution is -2.29. The van der Waals surface area contributed by atoms with Gasteiger partial charge in [0.1, 0.15) is 18.1 Å². The molecule has 1 amide bonds. The van der Waals surface area contributed by atoms with Crippen LogP contribution in [0.15, 0.2) is 96.8 Å². The summed E-state index contributed by atoms with van der Waals surface area (Å²) in [6, 6.07) is 22.2. The third-order valence-electron chi connectivity index (χ3n) is 6.92. The van der Waals surface area contributed by atoms with Crippen LogP contribution in [-0.2, 0) is 22.7 Å². The second kappa shape index (κ2) is 12.0. The van der Waals surface area contributed by atoms with Crippen LogP contribution in [0.1, 0.15) is 40.8 Å². The third-order valence-corrected chi connectivity index (χ3v) is 6.92. The summed E-state index contributed by atoms with van der Waals surface area (Å²) in [5.41, 5.74) is 3.28. The van der Waals surface area contributed by atoms with Crippen molar-refractivity contribution in [3.63, 3.8) is 0 Å². The monoisotopic (exact) mass is 550 g/mol. The van der Waals surface area contributed by atoms with Crippen LogP contribution < -0.4 is 9.47 Å². The number of aryl methyl sites for hydroxylation is 1. The maximum atomic E-state index is 13.5. The smallest absolute Gasteiger partial charge is 0.295 e. The average Bonchev–Trinajstić information content (AvgIpc) is 3.23. The molecule has 0 aliphatic carbocycles. The number of hydrogen-bond acceptors (Lipinski definition) is 7. The van der Waals surface area contributed by atoms with Crippen LogP contribution >= 0.6 is 0 Å². The molecule has 1 saturated heterocycles. The van der Waals surface area contributed by atoms with Gasteiger partial charge in [-0.1, -0.05) is 42.5 Å². The number of ketones is 1. The molecule has 1 fully saturated rings. The number of aliphatic hydroxyl groups is 1. The summed E-state index contributed by atoms with van der Waals surface area (Å²) in [4.78, 5) is 32.4. The van der Waals surface area contributed by atoms with Crippen molar-refractivity contribution in [1.82, 2.24) is 9.88 Å². The zero-order chi connectivity index (χ0) is 28.9. The van der Waals surface area contributed by atoms with Crippen LogP contribution in [0.25, 0.3) is 5.76 Å². The molecular formula is C33H30N2O6. The van der Waals surface area contributed by atoms with E-state index in [0.29, 0.717) is 35.7 Å². The SMILES string of the molecule is CCOc1cc(C2/C(=C(\O)c3ccc(OCc4ccccc4)cc3C)C(=O)C(=O)N2Cc2cccnc2)ccc1O. The Hall–Kier alpha value is -5.11. The molecule has 1 aliphatic heterocycles. The number of phenols is 1. The molecule has 5 rings (SSSR count). The predicted octanol–water partition coefficient (Wildman–Crippen LogP) is 5.70. The largest absolute Gasteiger partial charge is 0.507 e. The maximum absolute atomic E-state index is 13.5. The van der Waals surface area contributed by atoms with Crippen molar-refractivity contribution in [2.75, 3.05) is 6.61 Å². The van der Waals surface area contributed by atoms with Crippen molar-refractivity contribution in [1.29, 1.82) is 0 Å². The van der Waals surface area contributed by atoms with E-state index in [1.165, 1.54) is 11.0 Å². The molecule has 208 valence electrons. The molecule has 0 radical (unpaired) electrons. The molecule has 3 aromatic carbocycles. The van der Waals surface area contributed by atoms with E-state index in [9.17, 15) is 19.8 Å². The maximum Gasteiger partial charge on any atom is 0.295 e. The van der Waals surface area contributed by atoms with Gasteiger partial charge in [-0.2, -0.15) is 0 Å². The van der Waals surface area contributed by atoms with Gasteiger partial charge < -0.3 is 24.6 Å². The van der Waals surface area contributed by atoms with Crippen molar-refractivity contribution in [2.45, 2.75) is 33.0 Å². The molecule has 41 heavy (non-hydrogen) atoms. The molecule has 0 bridgehead atoms. The first-order valence-corrected chi connectivity index (χ1v) is 13.3. The molecule has 8 nitrogen and oxygen atoms in total. The van der Waals surface area contributed by atoms with Crippen LogP contribution in [0.3, 0.4) is 0 Å². The van der Waals surface area contributed by atoms with E-state index >= 15 is 0 Å². The third kappa shape index (κ3) is 5.77. The zero-order valence-corrected chi connectivity index (χ0v) is 22.8. The van der Waals surface area contributed by atoms with E-state index in [4.69, 9.17) is 9.47 Å². The zero-order valence-electron chi connectivity index (χ0n) is 22.8. The number of aromatic hydroxyl groups is 1. The van der Waals surface area contributed by atoms with Crippen molar-refractivity contribution < 1.29 is 29.3 Å². The summed E-state index contributed by atoms with van der Waals surface area (Å²) in [6.07, 6.45) is 3.25. The van der Waals surface area contributed by atoms with E-state index in [2.05, 4.69) is 4.98 Å². The molecule has 4 aromatic rings. The minimum atomic E-state index is -0.927. The second-order valence-corrected chi connectivity index (χ2v) is 9.70. The summed E-state index contributed by atoms with van der Waals surface area (Å²) in [6.45, 7) is 4.38. The lowest BCUT2D eigenvalue weighted by molar-refractivity contribution is -0.140. The first-order chi connectivity index (χ1) is 19.9. The molecule has 0 spiro atoms. The summed E-state index contributed by atoms with van der Waals surface area (Å²) in [7, 11) is 0. The van der Waals surface area contributed by atoms with Crippen LogP contribution in [-0.4, -0.2) is 38.4 Å². The number of nitrogens with zero attached hydrogens (tertiary/aromatic N) is 2. The van der Waals surface area contributed by atoms with Gasteiger partial charge >= 0.3 is 0 Å². The highest BCUT2D eigenvalue weighted by molar-refractivity contribution is 6.46. The molecule has 1 atom stereocenters. The number of aromatic nitrogens is 1. The first-order valence-electron chi connectivity index (χ1n) is 13.3. The number of phenolic OH excluding ortho intramolecular Hbond substituents is 1. The Balaban J connectivity index is 1.55. The van der Waals surface area contributed by atoms with Gasteiger partial charge in [-0.3, -0.25) is 14.6 Å². The van der Waals surface area contributed by atoms with Crippen molar-refractivity contribution in [2.24, 2.45) is 0 Å². The van der Waals surface area contributed by atoms with Crippen LogP contribution in [0.4, 0.5) is 0 Å². The number of rotatable bonds is 9. The Bertz CT molecular complexity index is 1600. The van der Waals surface area contributed by atoms with E-state index in [0.717, 1.165) is 11.1 Å². The fourth-order valence-corrected chi connectivity index (χ4v) is 4.93. The topological polar surface area (TPSA) is 109 Å². The number of ether oxygens (including phenoxy) is 2. The van der Waals surface area contributed by atoms with Gasteiger partial charge in [-0.05, 0) is 72.5 Å². The van der Waals surface area contributed by atoms with Crippen LogP contribution in [0.5, 0.6) is 17.2 Å². The minimum Gasteiger partial charge on any atom is -0.507 e. The van der Waals surface area contributed by atoms with Crippen LogP contribution in [0, 0.1) is 6.92 Å². The standard InChI is InChI=1S/C33H30N2O6/c1-3-40-28-17-24(11-14-27(28)36)30-29(32(38)33(39)35(30)19-23-10-7-15-34-18-23)31(37)26-13-12-25(16-21(26)2)41-20-22-8-5-4-6-9-22/h4-18,30,36-37H,3,19-20H2,1-2H3/b31-29+. The molecular weight excluding hydrogens is 520 g/mol. The van der Waals surface area contributed by atoms with Crippen LogP contribution in [0.2, 0.25) is 0 Å². The normalized spacial score (nSPS) is 16.1. The molecule has 0 saturated carbocycles. The molecule has 2 heterocycles. The summed E-state index contributed by atoms with van der Waals surface area (Å²) >= 11 is 0. The summed E-state index contributed by atoms with van der Waals surface area (Å²) in [5.74, 6) is -1.08.